The van der Waals surface area contributed by atoms with Crippen molar-refractivity contribution >= 4 is 17.5 Å². The van der Waals surface area contributed by atoms with Crippen molar-refractivity contribution in [1.29, 1.82) is 0 Å². The zero-order valence-corrected chi connectivity index (χ0v) is 10.7. The van der Waals surface area contributed by atoms with E-state index in [0.717, 1.165) is 19.3 Å². The molecule has 2 atom stereocenters. The zero-order valence-electron chi connectivity index (χ0n) is 10.7. The van der Waals surface area contributed by atoms with E-state index in [1.807, 2.05) is 0 Å². The van der Waals surface area contributed by atoms with Gasteiger partial charge in [-0.15, -0.1) is 0 Å². The molecular formula is C12H19N5O2. The first kappa shape index (κ1) is 13.5. The van der Waals surface area contributed by atoms with E-state index in [2.05, 4.69) is 10.4 Å². The molecule has 7 heteroatoms. The Hall–Kier alpha value is -1.89. The van der Waals surface area contributed by atoms with Crippen molar-refractivity contribution in [3.8, 4) is 0 Å². The molecule has 1 aromatic rings. The maximum atomic E-state index is 12.1. The first-order valence-corrected chi connectivity index (χ1v) is 6.42. The summed E-state index contributed by atoms with van der Waals surface area (Å²) in [6.45, 7) is 0.545. The van der Waals surface area contributed by atoms with Crippen molar-refractivity contribution < 1.29 is 9.59 Å². The standard InChI is InChI=1S/C12H19N5O2/c13-4-8-2-1-3-10(8)12(19)16-9-5-15-17(6-9)7-11(14)18/h5-6,8,10H,1-4,7,13H2,(H2,14,18)(H,16,19). The van der Waals surface area contributed by atoms with Crippen molar-refractivity contribution in [2.24, 2.45) is 23.3 Å². The number of nitrogens with two attached hydrogens (primary N) is 2. The van der Waals surface area contributed by atoms with E-state index in [1.54, 1.807) is 6.20 Å². The summed E-state index contributed by atoms with van der Waals surface area (Å²) in [5, 5.41) is 6.76. The number of hydrogen-bond acceptors (Lipinski definition) is 4. The third kappa shape index (κ3) is 3.31. The van der Waals surface area contributed by atoms with Crippen molar-refractivity contribution in [3.63, 3.8) is 0 Å². The number of nitrogens with zero attached hydrogens (tertiary/aromatic N) is 2. The molecule has 7 nitrogen and oxygen atoms in total. The smallest absolute Gasteiger partial charge is 0.239 e. The lowest BCUT2D eigenvalue weighted by atomic mass is 9.95. The summed E-state index contributed by atoms with van der Waals surface area (Å²) in [6.07, 6.45) is 6.03. The molecular weight excluding hydrogens is 246 g/mol. The minimum absolute atomic E-state index is 0.00469. The number of nitrogens with one attached hydrogen (secondary N) is 1. The van der Waals surface area contributed by atoms with Crippen LogP contribution in [0.1, 0.15) is 19.3 Å². The highest BCUT2D eigenvalue weighted by atomic mass is 16.2. The number of aromatic nitrogens is 2. The Morgan fingerprint density at radius 1 is 1.47 bits per heavy atom. The Balaban J connectivity index is 1.95. The molecule has 0 bridgehead atoms. The van der Waals surface area contributed by atoms with Gasteiger partial charge < -0.3 is 16.8 Å². The molecule has 1 fully saturated rings. The van der Waals surface area contributed by atoms with Crippen LogP contribution in [0.2, 0.25) is 0 Å². The van der Waals surface area contributed by atoms with Gasteiger partial charge in [0.05, 0.1) is 11.9 Å². The monoisotopic (exact) mass is 265 g/mol. The van der Waals surface area contributed by atoms with Crippen LogP contribution in [0.25, 0.3) is 0 Å². The highest BCUT2D eigenvalue weighted by Crippen LogP contribution is 2.31. The van der Waals surface area contributed by atoms with E-state index in [-0.39, 0.29) is 24.3 Å². The van der Waals surface area contributed by atoms with Crippen LogP contribution in [0.4, 0.5) is 5.69 Å². The van der Waals surface area contributed by atoms with Gasteiger partial charge in [0.15, 0.2) is 0 Å². The SMILES string of the molecule is NCC1CCCC1C(=O)Nc1cnn(CC(N)=O)c1. The molecule has 0 aromatic carbocycles. The topological polar surface area (TPSA) is 116 Å². The van der Waals surface area contributed by atoms with Crippen LogP contribution in [-0.4, -0.2) is 28.1 Å². The Morgan fingerprint density at radius 3 is 2.95 bits per heavy atom. The predicted octanol–water partition coefficient (Wildman–Crippen LogP) is -0.318. The molecule has 2 amide bonds. The molecule has 1 aliphatic carbocycles. The maximum absolute atomic E-state index is 12.1. The fourth-order valence-corrected chi connectivity index (χ4v) is 2.57. The van der Waals surface area contributed by atoms with Crippen LogP contribution in [0.15, 0.2) is 12.4 Å². The first-order valence-electron chi connectivity index (χ1n) is 6.42. The Labute approximate surface area is 111 Å². The minimum Gasteiger partial charge on any atom is -0.368 e. The molecule has 0 saturated heterocycles. The van der Waals surface area contributed by atoms with Crippen molar-refractivity contribution in [3.05, 3.63) is 12.4 Å². The lowest BCUT2D eigenvalue weighted by Crippen LogP contribution is -2.29. The second kappa shape index (κ2) is 5.83. The second-order valence-electron chi connectivity index (χ2n) is 4.92. The highest BCUT2D eigenvalue weighted by molar-refractivity contribution is 5.92. The lowest BCUT2D eigenvalue weighted by Gasteiger charge is -2.16. The average Bonchev–Trinajstić information content (AvgIpc) is 2.96. The van der Waals surface area contributed by atoms with Gasteiger partial charge in [-0.3, -0.25) is 14.3 Å². The molecule has 1 heterocycles. The van der Waals surface area contributed by atoms with E-state index in [9.17, 15) is 9.59 Å². The lowest BCUT2D eigenvalue weighted by molar-refractivity contribution is -0.121. The van der Waals surface area contributed by atoms with E-state index >= 15 is 0 Å². The van der Waals surface area contributed by atoms with Crippen LogP contribution in [0.3, 0.4) is 0 Å². The summed E-state index contributed by atoms with van der Waals surface area (Å²) in [4.78, 5) is 22.9. The molecule has 2 rings (SSSR count). The first-order chi connectivity index (χ1) is 9.10. The summed E-state index contributed by atoms with van der Waals surface area (Å²) in [6, 6.07) is 0. The van der Waals surface area contributed by atoms with E-state index < -0.39 is 5.91 Å². The van der Waals surface area contributed by atoms with Crippen molar-refractivity contribution in [2.75, 3.05) is 11.9 Å². The third-order valence-electron chi connectivity index (χ3n) is 3.52. The number of amides is 2. The quantitative estimate of drug-likeness (QED) is 0.676. The number of carbonyl (C=O) groups is 2. The molecule has 5 N–H and O–H groups in total. The van der Waals surface area contributed by atoms with Gasteiger partial charge in [0.2, 0.25) is 11.8 Å². The van der Waals surface area contributed by atoms with Gasteiger partial charge in [-0.05, 0) is 25.3 Å². The van der Waals surface area contributed by atoms with Crippen LogP contribution in [-0.2, 0) is 16.1 Å². The van der Waals surface area contributed by atoms with Gasteiger partial charge in [0.1, 0.15) is 6.54 Å². The van der Waals surface area contributed by atoms with Gasteiger partial charge in [-0.1, -0.05) is 6.42 Å². The molecule has 1 aromatic heterocycles. The largest absolute Gasteiger partial charge is 0.368 e. The van der Waals surface area contributed by atoms with Gasteiger partial charge in [0.25, 0.3) is 0 Å². The summed E-state index contributed by atoms with van der Waals surface area (Å²) >= 11 is 0. The number of anilines is 1. The van der Waals surface area contributed by atoms with Gasteiger partial charge in [-0.25, -0.2) is 0 Å². The number of primary amides is 1. The van der Waals surface area contributed by atoms with Crippen LogP contribution in [0, 0.1) is 11.8 Å². The third-order valence-corrected chi connectivity index (χ3v) is 3.52. The maximum Gasteiger partial charge on any atom is 0.239 e. The number of rotatable bonds is 5. The van der Waals surface area contributed by atoms with Crippen LogP contribution in [0.5, 0.6) is 0 Å². The van der Waals surface area contributed by atoms with E-state index in [1.165, 1.54) is 10.9 Å². The molecule has 19 heavy (non-hydrogen) atoms. The summed E-state index contributed by atoms with van der Waals surface area (Å²) in [7, 11) is 0. The highest BCUT2D eigenvalue weighted by Gasteiger charge is 2.31. The van der Waals surface area contributed by atoms with Gasteiger partial charge in [0, 0.05) is 12.1 Å². The van der Waals surface area contributed by atoms with Crippen molar-refractivity contribution in [1.82, 2.24) is 9.78 Å². The van der Waals surface area contributed by atoms with E-state index in [4.69, 9.17) is 11.5 Å². The molecule has 0 aliphatic heterocycles. The number of carbonyl (C=O) groups excluding carboxylic acids is 2. The van der Waals surface area contributed by atoms with Crippen molar-refractivity contribution in [2.45, 2.75) is 25.8 Å². The predicted molar refractivity (Wildman–Crippen MR) is 69.9 cm³/mol. The molecule has 104 valence electrons. The normalized spacial score (nSPS) is 22.4. The molecule has 2 unspecified atom stereocenters. The van der Waals surface area contributed by atoms with E-state index in [0.29, 0.717) is 12.2 Å². The Morgan fingerprint density at radius 2 is 2.26 bits per heavy atom. The summed E-state index contributed by atoms with van der Waals surface area (Å²) in [5.74, 6) is -0.253. The molecule has 1 aliphatic rings. The second-order valence-corrected chi connectivity index (χ2v) is 4.92. The Bertz CT molecular complexity index is 470. The van der Waals surface area contributed by atoms with Gasteiger partial charge in [-0.2, -0.15) is 5.10 Å². The number of hydrogen-bond donors (Lipinski definition) is 3. The van der Waals surface area contributed by atoms with Crippen LogP contribution < -0.4 is 16.8 Å². The summed E-state index contributed by atoms with van der Waals surface area (Å²) < 4.78 is 1.40. The molecule has 0 spiro atoms. The average molecular weight is 265 g/mol. The fraction of sp³-hybridized carbons (Fsp3) is 0.583. The minimum atomic E-state index is -0.472. The fourth-order valence-electron chi connectivity index (χ4n) is 2.57. The molecule has 0 radical (unpaired) electrons. The molecule has 1 saturated carbocycles. The zero-order chi connectivity index (χ0) is 13.8. The van der Waals surface area contributed by atoms with Gasteiger partial charge >= 0.3 is 0 Å². The summed E-state index contributed by atoms with van der Waals surface area (Å²) in [5.41, 5.74) is 11.3. The Kier molecular flexibility index (Phi) is 4.16. The van der Waals surface area contributed by atoms with Crippen LogP contribution >= 0.6 is 0 Å².